The second-order valence-electron chi connectivity index (χ2n) is 1.78. The summed E-state index contributed by atoms with van der Waals surface area (Å²) < 4.78 is 24.9. The predicted octanol–water partition coefficient (Wildman–Crippen LogP) is 3.71. The van der Waals surface area contributed by atoms with E-state index in [2.05, 4.69) is 0 Å². The fourth-order valence-electron chi connectivity index (χ4n) is 0.634. The van der Waals surface area contributed by atoms with Gasteiger partial charge >= 0.3 is 0 Å². The minimum atomic E-state index is -0.397. The van der Waals surface area contributed by atoms with Gasteiger partial charge in [-0.05, 0) is 24.5 Å². The molecule has 0 aliphatic rings. The Labute approximate surface area is 76.0 Å². The molecule has 0 saturated heterocycles. The van der Waals surface area contributed by atoms with Crippen molar-refractivity contribution in [2.45, 2.75) is 18.7 Å². The van der Waals surface area contributed by atoms with Gasteiger partial charge in [-0.3, -0.25) is 0 Å². The molecule has 0 unspecified atom stereocenters. The number of thioether (sulfide) groups is 1. The average molecular weight is 190 g/mol. The van der Waals surface area contributed by atoms with Crippen molar-refractivity contribution in [1.82, 2.24) is 0 Å². The second-order valence-corrected chi connectivity index (χ2v) is 2.63. The van der Waals surface area contributed by atoms with Crippen LogP contribution in [-0.4, -0.2) is 6.26 Å². The van der Waals surface area contributed by atoms with E-state index in [0.717, 1.165) is 12.1 Å². The SMILES string of the molecule is CC.CSc1cc(F)ccc1F. The second kappa shape index (κ2) is 6.00. The number of rotatable bonds is 1. The van der Waals surface area contributed by atoms with Gasteiger partial charge in [0.25, 0.3) is 0 Å². The van der Waals surface area contributed by atoms with E-state index < -0.39 is 5.82 Å². The summed E-state index contributed by atoms with van der Waals surface area (Å²) in [7, 11) is 0. The summed E-state index contributed by atoms with van der Waals surface area (Å²) in [5.74, 6) is -0.764. The summed E-state index contributed by atoms with van der Waals surface area (Å²) in [6.45, 7) is 4.00. The Morgan fingerprint density at radius 1 is 1.17 bits per heavy atom. The summed E-state index contributed by atoms with van der Waals surface area (Å²) in [5, 5.41) is 0. The molecule has 12 heavy (non-hydrogen) atoms. The van der Waals surface area contributed by atoms with Gasteiger partial charge in [0.2, 0.25) is 0 Å². The first kappa shape index (κ1) is 11.4. The molecule has 1 aromatic carbocycles. The van der Waals surface area contributed by atoms with Crippen LogP contribution in [-0.2, 0) is 0 Å². The van der Waals surface area contributed by atoms with E-state index in [1.165, 1.54) is 17.8 Å². The fourth-order valence-corrected chi connectivity index (χ4v) is 1.13. The highest BCUT2D eigenvalue weighted by Gasteiger charge is 2.00. The molecule has 0 aliphatic heterocycles. The van der Waals surface area contributed by atoms with Gasteiger partial charge in [0, 0.05) is 4.90 Å². The van der Waals surface area contributed by atoms with Crippen molar-refractivity contribution in [2.75, 3.05) is 6.26 Å². The van der Waals surface area contributed by atoms with Crippen LogP contribution >= 0.6 is 11.8 Å². The highest BCUT2D eigenvalue weighted by molar-refractivity contribution is 7.98. The van der Waals surface area contributed by atoms with Crippen LogP contribution in [0.15, 0.2) is 23.1 Å². The van der Waals surface area contributed by atoms with Crippen molar-refractivity contribution in [3.8, 4) is 0 Å². The minimum Gasteiger partial charge on any atom is -0.207 e. The summed E-state index contributed by atoms with van der Waals surface area (Å²) in [5.41, 5.74) is 0. The van der Waals surface area contributed by atoms with Crippen molar-refractivity contribution in [3.63, 3.8) is 0 Å². The smallest absolute Gasteiger partial charge is 0.136 e. The van der Waals surface area contributed by atoms with E-state index in [1.54, 1.807) is 6.26 Å². The molecule has 0 saturated carbocycles. The van der Waals surface area contributed by atoms with Crippen LogP contribution in [0.2, 0.25) is 0 Å². The molecule has 0 amide bonds. The zero-order chi connectivity index (χ0) is 9.56. The van der Waals surface area contributed by atoms with Crippen molar-refractivity contribution in [2.24, 2.45) is 0 Å². The molecule has 0 fully saturated rings. The number of benzene rings is 1. The summed E-state index contributed by atoms with van der Waals surface area (Å²) in [6.07, 6.45) is 1.71. The fraction of sp³-hybridized carbons (Fsp3) is 0.333. The Hall–Kier alpha value is -0.570. The molecule has 1 rings (SSSR count). The summed E-state index contributed by atoms with van der Waals surface area (Å²) >= 11 is 1.19. The molecule has 0 N–H and O–H groups in total. The molecule has 0 aliphatic carbocycles. The van der Waals surface area contributed by atoms with E-state index in [0.29, 0.717) is 4.90 Å². The lowest BCUT2D eigenvalue weighted by Gasteiger charge is -1.96. The van der Waals surface area contributed by atoms with Gasteiger partial charge in [-0.2, -0.15) is 0 Å². The van der Waals surface area contributed by atoms with Crippen LogP contribution in [0.25, 0.3) is 0 Å². The van der Waals surface area contributed by atoms with Crippen molar-refractivity contribution < 1.29 is 8.78 Å². The Kier molecular flexibility index (Phi) is 5.72. The molecular formula is C9H12F2S. The van der Waals surface area contributed by atoms with Crippen molar-refractivity contribution in [3.05, 3.63) is 29.8 Å². The maximum Gasteiger partial charge on any atom is 0.136 e. The van der Waals surface area contributed by atoms with Crippen molar-refractivity contribution >= 4 is 11.8 Å². The van der Waals surface area contributed by atoms with Gasteiger partial charge in [-0.15, -0.1) is 11.8 Å². The lowest BCUT2D eigenvalue weighted by molar-refractivity contribution is 0.577. The Bertz CT molecular complexity index is 236. The largest absolute Gasteiger partial charge is 0.207 e. The molecule has 0 nitrogen and oxygen atoms in total. The lowest BCUT2D eigenvalue weighted by atomic mass is 10.3. The van der Waals surface area contributed by atoms with Gasteiger partial charge in [-0.1, -0.05) is 13.8 Å². The van der Waals surface area contributed by atoms with Crippen LogP contribution in [0.1, 0.15) is 13.8 Å². The molecule has 0 atom stereocenters. The van der Waals surface area contributed by atoms with Gasteiger partial charge in [0.1, 0.15) is 11.6 Å². The molecule has 68 valence electrons. The first-order valence-electron chi connectivity index (χ1n) is 3.73. The first-order chi connectivity index (χ1) is 5.74. The molecule has 0 heterocycles. The van der Waals surface area contributed by atoms with E-state index in [9.17, 15) is 8.78 Å². The minimum absolute atomic E-state index is 0.347. The van der Waals surface area contributed by atoms with Crippen LogP contribution in [0.5, 0.6) is 0 Å². The maximum atomic E-state index is 12.6. The van der Waals surface area contributed by atoms with Crippen LogP contribution in [0.4, 0.5) is 8.78 Å². The van der Waals surface area contributed by atoms with E-state index in [4.69, 9.17) is 0 Å². The third kappa shape index (κ3) is 3.22. The normalized spacial score (nSPS) is 8.75. The molecule has 1 aromatic rings. The van der Waals surface area contributed by atoms with Crippen LogP contribution < -0.4 is 0 Å². The van der Waals surface area contributed by atoms with Gasteiger partial charge in [-0.25, -0.2) is 8.78 Å². The summed E-state index contributed by atoms with van der Waals surface area (Å²) in [4.78, 5) is 0.347. The highest BCUT2D eigenvalue weighted by Crippen LogP contribution is 2.19. The van der Waals surface area contributed by atoms with Gasteiger partial charge < -0.3 is 0 Å². The first-order valence-corrected chi connectivity index (χ1v) is 4.95. The van der Waals surface area contributed by atoms with Gasteiger partial charge in [0.05, 0.1) is 0 Å². The van der Waals surface area contributed by atoms with E-state index in [1.807, 2.05) is 13.8 Å². The zero-order valence-electron chi connectivity index (χ0n) is 7.40. The Balaban J connectivity index is 0.000000561. The molecule has 0 bridgehead atoms. The van der Waals surface area contributed by atoms with E-state index in [-0.39, 0.29) is 5.82 Å². The average Bonchev–Trinajstić information content (AvgIpc) is 2.13. The third-order valence-corrected chi connectivity index (χ3v) is 1.87. The molecule has 0 radical (unpaired) electrons. The third-order valence-electron chi connectivity index (χ3n) is 1.11. The molecule has 0 spiro atoms. The molecule has 0 aromatic heterocycles. The summed E-state index contributed by atoms with van der Waals surface area (Å²) in [6, 6.07) is 3.41. The monoisotopic (exact) mass is 190 g/mol. The Morgan fingerprint density at radius 2 is 1.75 bits per heavy atom. The van der Waals surface area contributed by atoms with Crippen LogP contribution in [0.3, 0.4) is 0 Å². The number of halogens is 2. The number of hydrogen-bond donors (Lipinski definition) is 0. The quantitative estimate of drug-likeness (QED) is 0.608. The zero-order valence-corrected chi connectivity index (χ0v) is 8.21. The standard InChI is InChI=1S/C7H6F2S.C2H6/c1-10-7-4-5(8)2-3-6(7)9;1-2/h2-4H,1H3;1-2H3. The van der Waals surface area contributed by atoms with Crippen LogP contribution in [0, 0.1) is 11.6 Å². The highest BCUT2D eigenvalue weighted by atomic mass is 32.2. The van der Waals surface area contributed by atoms with Gasteiger partial charge in [0.15, 0.2) is 0 Å². The van der Waals surface area contributed by atoms with E-state index >= 15 is 0 Å². The predicted molar refractivity (Wildman–Crippen MR) is 49.5 cm³/mol. The molecular weight excluding hydrogens is 178 g/mol. The molecule has 3 heteroatoms. The van der Waals surface area contributed by atoms with Crippen molar-refractivity contribution in [1.29, 1.82) is 0 Å². The number of hydrogen-bond acceptors (Lipinski definition) is 1. The maximum absolute atomic E-state index is 12.6. The topological polar surface area (TPSA) is 0 Å². The lowest BCUT2D eigenvalue weighted by Crippen LogP contribution is -1.81. The Morgan fingerprint density at radius 3 is 2.17 bits per heavy atom.